The first-order valence-corrected chi connectivity index (χ1v) is 27.3. The lowest BCUT2D eigenvalue weighted by Gasteiger charge is -2.41. The molecule has 0 aliphatic rings. The highest BCUT2D eigenvalue weighted by molar-refractivity contribution is 7.04. The van der Waals surface area contributed by atoms with Crippen LogP contribution in [0.15, 0.2) is 231 Å². The minimum Gasteiger partial charge on any atom is -0.309 e. The zero-order valence-electron chi connectivity index (χ0n) is 40.4. The third-order valence-electron chi connectivity index (χ3n) is 15.9. The van der Waals surface area contributed by atoms with Gasteiger partial charge in [-0.05, 0) is 106 Å². The van der Waals surface area contributed by atoms with Crippen molar-refractivity contribution in [3.05, 3.63) is 231 Å². The van der Waals surface area contributed by atoms with Crippen LogP contribution in [-0.4, -0.2) is 26.3 Å². The van der Waals surface area contributed by atoms with E-state index < -0.39 is 8.07 Å². The monoisotopic (exact) mass is 928 g/mol. The zero-order chi connectivity index (χ0) is 47.5. The van der Waals surface area contributed by atoms with Crippen molar-refractivity contribution in [2.75, 3.05) is 0 Å². The van der Waals surface area contributed by atoms with Crippen LogP contribution in [-0.2, 0) is 0 Å². The second-order valence-corrected chi connectivity index (χ2v) is 25.3. The molecule has 340 valence electrons. The molecule has 10 aromatic carbocycles. The van der Waals surface area contributed by atoms with E-state index in [-0.39, 0.29) is 0 Å². The van der Waals surface area contributed by atoms with E-state index >= 15 is 0 Å². The summed E-state index contributed by atoms with van der Waals surface area (Å²) >= 11 is 0. The van der Waals surface area contributed by atoms with Crippen molar-refractivity contribution in [2.45, 2.75) is 38.8 Å². The molecule has 0 radical (unpaired) electrons. The minimum absolute atomic E-state index is 0.307. The smallest absolute Gasteiger partial charge is 0.123 e. The Kier molecular flexibility index (Phi) is 9.27. The summed E-state index contributed by atoms with van der Waals surface area (Å²) < 4.78 is 10.1. The molecule has 0 bridgehead atoms. The predicted molar refractivity (Wildman–Crippen MR) is 305 cm³/mol. The lowest BCUT2D eigenvalue weighted by molar-refractivity contribution is 0.926. The van der Waals surface area contributed by atoms with Crippen molar-refractivity contribution in [3.63, 3.8) is 0 Å². The van der Waals surface area contributed by atoms with Gasteiger partial charge in [0.05, 0.1) is 44.1 Å². The van der Waals surface area contributed by atoms with E-state index in [1.165, 1.54) is 120 Å². The van der Waals surface area contributed by atoms with Crippen LogP contribution in [0, 0.1) is 0 Å². The largest absolute Gasteiger partial charge is 0.309 e. The SMILES string of the molecule is CC(C)[Si](c1cc(-n2c3ccccc3c3ccccc32)cc(-n2c3ccccc3c3ccccc32)c1)(c1cc(-n2c3ccccc3c3ccccc32)cc(-n2c3ccccc3c3ccccc32)c1)C(C)C. The second kappa shape index (κ2) is 15.8. The number of para-hydroxylation sites is 8. The molecule has 0 spiro atoms. The summed E-state index contributed by atoms with van der Waals surface area (Å²) in [5.41, 5.74) is 15.0. The van der Waals surface area contributed by atoms with Crippen LogP contribution in [0.1, 0.15) is 27.7 Å². The highest BCUT2D eigenvalue weighted by Gasteiger charge is 2.45. The molecular weight excluding hydrogens is 877 g/mol. The van der Waals surface area contributed by atoms with Crippen LogP contribution < -0.4 is 10.4 Å². The van der Waals surface area contributed by atoms with E-state index in [1.54, 1.807) is 0 Å². The van der Waals surface area contributed by atoms with Crippen LogP contribution in [0.25, 0.3) is 110 Å². The third kappa shape index (κ3) is 5.96. The molecule has 0 unspecified atom stereocenters. The maximum Gasteiger partial charge on any atom is 0.123 e. The fraction of sp³-hybridized carbons (Fsp3) is 0.0909. The summed E-state index contributed by atoms with van der Waals surface area (Å²) in [6.07, 6.45) is 0. The Balaban J connectivity index is 1.14. The third-order valence-corrected chi connectivity index (χ3v) is 22.1. The van der Waals surface area contributed by atoms with Gasteiger partial charge in [0.1, 0.15) is 8.07 Å². The molecule has 0 aliphatic heterocycles. The summed E-state index contributed by atoms with van der Waals surface area (Å²) in [7, 11) is -2.87. The molecule has 0 saturated carbocycles. The fourth-order valence-corrected chi connectivity index (χ4v) is 19.0. The van der Waals surface area contributed by atoms with Crippen LogP contribution in [0.3, 0.4) is 0 Å². The molecule has 14 rings (SSSR count). The maximum absolute atomic E-state index is 2.87. The topological polar surface area (TPSA) is 19.7 Å². The number of hydrogen-bond donors (Lipinski definition) is 0. The van der Waals surface area contributed by atoms with E-state index in [9.17, 15) is 0 Å². The van der Waals surface area contributed by atoms with Gasteiger partial charge in [0.25, 0.3) is 0 Å². The van der Waals surface area contributed by atoms with Crippen molar-refractivity contribution in [1.29, 1.82) is 0 Å². The van der Waals surface area contributed by atoms with Crippen molar-refractivity contribution in [1.82, 2.24) is 18.3 Å². The fourth-order valence-electron chi connectivity index (χ4n) is 13.2. The molecule has 0 amide bonds. The quantitative estimate of drug-likeness (QED) is 0.135. The Morgan fingerprint density at radius 3 is 0.577 bits per heavy atom. The minimum atomic E-state index is -2.87. The van der Waals surface area contributed by atoms with Crippen molar-refractivity contribution < 1.29 is 0 Å². The number of benzene rings is 10. The number of nitrogens with zero attached hydrogens (tertiary/aromatic N) is 4. The lowest BCUT2D eigenvalue weighted by Crippen LogP contribution is -2.63. The van der Waals surface area contributed by atoms with Crippen LogP contribution >= 0.6 is 0 Å². The van der Waals surface area contributed by atoms with Gasteiger partial charge in [0.15, 0.2) is 0 Å². The highest BCUT2D eigenvalue weighted by Crippen LogP contribution is 2.41. The Labute approximate surface area is 413 Å². The second-order valence-electron chi connectivity index (χ2n) is 20.1. The van der Waals surface area contributed by atoms with Gasteiger partial charge in [-0.1, -0.05) is 173 Å². The van der Waals surface area contributed by atoms with Gasteiger partial charge in [-0.2, -0.15) is 0 Å². The summed E-state index contributed by atoms with van der Waals surface area (Å²) in [5.74, 6) is 0. The zero-order valence-corrected chi connectivity index (χ0v) is 41.4. The lowest BCUT2D eigenvalue weighted by atomic mass is 10.2. The molecular formula is C66H52N4Si. The number of aromatic nitrogens is 4. The van der Waals surface area contributed by atoms with Gasteiger partial charge in [-0.15, -0.1) is 0 Å². The average Bonchev–Trinajstić information content (AvgIpc) is 4.14. The van der Waals surface area contributed by atoms with Crippen molar-refractivity contribution in [2.24, 2.45) is 0 Å². The maximum atomic E-state index is 2.59. The van der Waals surface area contributed by atoms with Gasteiger partial charge in [0, 0.05) is 65.8 Å². The van der Waals surface area contributed by atoms with E-state index in [1.807, 2.05) is 0 Å². The molecule has 0 saturated heterocycles. The molecule has 0 N–H and O–H groups in total. The van der Waals surface area contributed by atoms with Crippen LogP contribution in [0.2, 0.25) is 11.1 Å². The molecule has 0 fully saturated rings. The molecule has 0 atom stereocenters. The Bertz CT molecular complexity index is 3680. The predicted octanol–water partition coefficient (Wildman–Crippen LogP) is 16.5. The van der Waals surface area contributed by atoms with E-state index in [0.29, 0.717) is 11.1 Å². The Hall–Kier alpha value is -8.38. The number of hydrogen-bond acceptors (Lipinski definition) is 0. The standard InChI is InChI=1S/C66H52N4Si/c1-43(2)71(44(3)4,49-39-45(67-59-29-13-5-21-51(59)52-22-6-14-30-60(52)67)37-46(40-49)68-61-31-15-7-23-53(61)54-24-8-16-32-62(54)68)50-41-47(69-63-33-17-9-25-55(63)56-26-10-18-34-64(56)69)38-48(42-50)70-65-35-19-11-27-57(65)58-28-12-20-36-66(58)70/h5-44H,1-4H3. The normalized spacial score (nSPS) is 12.5. The summed E-state index contributed by atoms with van der Waals surface area (Å²) in [6, 6.07) is 86.8. The molecule has 0 aliphatic carbocycles. The van der Waals surface area contributed by atoms with Crippen LogP contribution in [0.5, 0.6) is 0 Å². The summed E-state index contributed by atoms with van der Waals surface area (Å²) in [5, 5.41) is 12.9. The number of rotatable bonds is 8. The first kappa shape index (κ1) is 41.6. The van der Waals surface area contributed by atoms with Crippen molar-refractivity contribution >= 4 is 106 Å². The van der Waals surface area contributed by atoms with Gasteiger partial charge in [-0.25, -0.2) is 0 Å². The Morgan fingerprint density at radius 2 is 0.408 bits per heavy atom. The van der Waals surface area contributed by atoms with Crippen molar-refractivity contribution in [3.8, 4) is 22.7 Å². The molecule has 4 nitrogen and oxygen atoms in total. The van der Waals surface area contributed by atoms with Gasteiger partial charge in [-0.3, -0.25) is 0 Å². The Morgan fingerprint density at radius 1 is 0.239 bits per heavy atom. The van der Waals surface area contributed by atoms with E-state index in [2.05, 4.69) is 276 Å². The molecule has 14 aromatic rings. The number of fused-ring (bicyclic) bond motifs is 12. The van der Waals surface area contributed by atoms with Crippen LogP contribution in [0.4, 0.5) is 0 Å². The molecule has 4 aromatic heterocycles. The van der Waals surface area contributed by atoms with E-state index in [0.717, 1.165) is 0 Å². The highest BCUT2D eigenvalue weighted by atomic mass is 28.3. The first-order chi connectivity index (χ1) is 34.9. The first-order valence-electron chi connectivity index (χ1n) is 25.2. The summed E-state index contributed by atoms with van der Waals surface area (Å²) in [4.78, 5) is 0. The molecule has 5 heteroatoms. The van der Waals surface area contributed by atoms with E-state index in [4.69, 9.17) is 0 Å². The van der Waals surface area contributed by atoms with Gasteiger partial charge < -0.3 is 18.3 Å². The van der Waals surface area contributed by atoms with Gasteiger partial charge >= 0.3 is 0 Å². The van der Waals surface area contributed by atoms with Gasteiger partial charge in [0.2, 0.25) is 0 Å². The average molecular weight is 929 g/mol. The molecule has 71 heavy (non-hydrogen) atoms. The summed E-state index contributed by atoms with van der Waals surface area (Å²) in [6.45, 7) is 10.0. The molecule has 4 heterocycles.